The zero-order valence-corrected chi connectivity index (χ0v) is 26.0. The summed E-state index contributed by atoms with van der Waals surface area (Å²) >= 11 is 13.3. The van der Waals surface area contributed by atoms with Crippen LogP contribution in [-0.2, 0) is 19.6 Å². The first-order chi connectivity index (χ1) is 19.1. The first kappa shape index (κ1) is 29.8. The van der Waals surface area contributed by atoms with Crippen molar-refractivity contribution in [1.29, 1.82) is 0 Å². The Morgan fingerprint density at radius 2 is 1.83 bits per heavy atom. The normalized spacial score (nSPS) is 21.1. The van der Waals surface area contributed by atoms with Crippen molar-refractivity contribution in [3.63, 3.8) is 0 Å². The summed E-state index contributed by atoms with van der Waals surface area (Å²) < 4.78 is 28.7. The largest absolute Gasteiger partial charge is 0.339 e. The zero-order chi connectivity index (χ0) is 29.9. The van der Waals surface area contributed by atoms with Crippen molar-refractivity contribution in [2.24, 2.45) is 5.41 Å². The number of piperazine rings is 1. The van der Waals surface area contributed by atoms with Gasteiger partial charge in [0.2, 0.25) is 21.8 Å². The second-order valence-corrected chi connectivity index (χ2v) is 15.3. The summed E-state index contributed by atoms with van der Waals surface area (Å²) in [6.45, 7) is 7.68. The lowest BCUT2D eigenvalue weighted by Gasteiger charge is -2.69. The fourth-order valence-electron chi connectivity index (χ4n) is 5.34. The fourth-order valence-corrected chi connectivity index (χ4v) is 8.04. The van der Waals surface area contributed by atoms with Crippen molar-refractivity contribution in [1.82, 2.24) is 19.8 Å². The Bertz CT molecular complexity index is 1640. The highest BCUT2D eigenvalue weighted by molar-refractivity contribution is 7.89. The van der Waals surface area contributed by atoms with E-state index in [-0.39, 0.29) is 39.3 Å². The van der Waals surface area contributed by atoms with Crippen LogP contribution in [0.4, 0.5) is 0 Å². The van der Waals surface area contributed by atoms with E-state index < -0.39 is 39.5 Å². The van der Waals surface area contributed by atoms with Crippen LogP contribution in [0.2, 0.25) is 10.0 Å². The standard InChI is InChI=1S/C28H30Cl2N4O5S2/c1-27(2,3)24(32-25(36)20-11-16-7-5-6-8-19(16)40-20)26(37)34-14-22-28(34,4)15-33(22)23(35)13-31-41(38,39)21-12-17(29)9-10-18(21)30/h5-12,22,24,31H,13-15H2,1-4H3,(H,32,36)/t22-,24-,28?/m1/s1. The monoisotopic (exact) mass is 636 g/mol. The number of likely N-dealkylation sites (tertiary alicyclic amines) is 2. The van der Waals surface area contributed by atoms with E-state index in [4.69, 9.17) is 23.2 Å². The van der Waals surface area contributed by atoms with E-state index in [1.165, 1.54) is 29.5 Å². The van der Waals surface area contributed by atoms with Gasteiger partial charge >= 0.3 is 0 Å². The number of carbonyl (C=O) groups excluding carboxylic acids is 3. The van der Waals surface area contributed by atoms with Gasteiger partial charge in [0.05, 0.1) is 28.0 Å². The number of sulfonamides is 1. The summed E-state index contributed by atoms with van der Waals surface area (Å²) in [7, 11) is -4.07. The van der Waals surface area contributed by atoms with Crippen LogP contribution >= 0.6 is 34.5 Å². The van der Waals surface area contributed by atoms with E-state index >= 15 is 0 Å². The summed E-state index contributed by atoms with van der Waals surface area (Å²) in [5, 5.41) is 4.12. The summed E-state index contributed by atoms with van der Waals surface area (Å²) in [5.41, 5.74) is -1.17. The fraction of sp³-hybridized carbons (Fsp3) is 0.393. The second kappa shape index (κ2) is 10.5. The highest BCUT2D eigenvalue weighted by Crippen LogP contribution is 2.45. The molecule has 3 atom stereocenters. The molecule has 5 rings (SSSR count). The maximum absolute atomic E-state index is 13.8. The molecule has 3 aromatic rings. The van der Waals surface area contributed by atoms with Gasteiger partial charge < -0.3 is 15.1 Å². The molecule has 1 unspecified atom stereocenters. The molecular weight excluding hydrogens is 607 g/mol. The number of amides is 3. The maximum atomic E-state index is 13.8. The Morgan fingerprint density at radius 1 is 1.12 bits per heavy atom. The highest BCUT2D eigenvalue weighted by atomic mass is 35.5. The molecule has 2 aromatic carbocycles. The van der Waals surface area contributed by atoms with E-state index in [9.17, 15) is 22.8 Å². The molecule has 1 aromatic heterocycles. The van der Waals surface area contributed by atoms with Crippen LogP contribution in [0.25, 0.3) is 10.1 Å². The molecule has 41 heavy (non-hydrogen) atoms. The first-order valence-corrected chi connectivity index (χ1v) is 16.0. The quantitative estimate of drug-likeness (QED) is 0.404. The summed E-state index contributed by atoms with van der Waals surface area (Å²) in [6.07, 6.45) is 0. The van der Waals surface area contributed by atoms with Crippen LogP contribution in [0.3, 0.4) is 0 Å². The van der Waals surface area contributed by atoms with Crippen molar-refractivity contribution >= 4 is 72.4 Å². The predicted octanol–water partition coefficient (Wildman–Crippen LogP) is 4.14. The molecule has 0 aliphatic carbocycles. The minimum absolute atomic E-state index is 0.00753. The number of carbonyl (C=O) groups is 3. The highest BCUT2D eigenvalue weighted by Gasteiger charge is 2.65. The number of rotatable bonds is 7. The second-order valence-electron chi connectivity index (χ2n) is 11.7. The molecular formula is C28H30Cl2N4O5S2. The number of halogens is 2. The minimum Gasteiger partial charge on any atom is -0.339 e. The number of hydrogen-bond donors (Lipinski definition) is 2. The van der Waals surface area contributed by atoms with E-state index in [1.54, 1.807) is 9.80 Å². The Morgan fingerprint density at radius 3 is 2.46 bits per heavy atom. The van der Waals surface area contributed by atoms with Crippen LogP contribution < -0.4 is 10.0 Å². The molecule has 3 amide bonds. The molecule has 2 N–H and O–H groups in total. The SMILES string of the molecule is CC(C)(C)[C@H](NC(=O)c1cc2ccccc2s1)C(=O)N1C[C@H]2N(C(=O)CNS(=O)(=O)c3cc(Cl)ccc3Cl)CC21C. The molecule has 2 saturated heterocycles. The van der Waals surface area contributed by atoms with Gasteiger partial charge in [-0.15, -0.1) is 11.3 Å². The van der Waals surface area contributed by atoms with Gasteiger partial charge in [-0.2, -0.15) is 0 Å². The van der Waals surface area contributed by atoms with Gasteiger partial charge in [0, 0.05) is 22.8 Å². The summed E-state index contributed by atoms with van der Waals surface area (Å²) in [4.78, 5) is 43.4. The minimum atomic E-state index is -4.07. The number of nitrogens with zero attached hydrogens (tertiary/aromatic N) is 2. The molecule has 0 spiro atoms. The van der Waals surface area contributed by atoms with Crippen molar-refractivity contribution in [3.05, 3.63) is 63.5 Å². The lowest BCUT2D eigenvalue weighted by molar-refractivity contribution is -0.206. The van der Waals surface area contributed by atoms with E-state index in [2.05, 4.69) is 10.0 Å². The maximum Gasteiger partial charge on any atom is 0.262 e. The number of fused-ring (bicyclic) bond motifs is 2. The predicted molar refractivity (Wildman–Crippen MR) is 160 cm³/mol. The summed E-state index contributed by atoms with van der Waals surface area (Å²) in [6, 6.07) is 12.6. The topological polar surface area (TPSA) is 116 Å². The number of nitrogens with one attached hydrogen (secondary N) is 2. The zero-order valence-electron chi connectivity index (χ0n) is 22.9. The molecule has 2 aliphatic rings. The van der Waals surface area contributed by atoms with E-state index in [0.29, 0.717) is 11.4 Å². The Hall–Kier alpha value is -2.70. The Kier molecular flexibility index (Phi) is 7.65. The molecule has 2 fully saturated rings. The van der Waals surface area contributed by atoms with Gasteiger partial charge in [-0.1, -0.05) is 62.2 Å². The summed E-state index contributed by atoms with van der Waals surface area (Å²) in [5.74, 6) is -0.931. The van der Waals surface area contributed by atoms with Crippen LogP contribution in [0, 0.1) is 5.41 Å². The van der Waals surface area contributed by atoms with Crippen molar-refractivity contribution in [2.75, 3.05) is 19.6 Å². The Labute approximate surface area is 252 Å². The van der Waals surface area contributed by atoms with Crippen molar-refractivity contribution in [2.45, 2.75) is 50.2 Å². The van der Waals surface area contributed by atoms with Crippen molar-refractivity contribution < 1.29 is 22.8 Å². The van der Waals surface area contributed by atoms with Crippen LogP contribution in [0.15, 0.2) is 53.4 Å². The molecule has 0 bridgehead atoms. The van der Waals surface area contributed by atoms with Gasteiger partial charge in [0.25, 0.3) is 5.91 Å². The van der Waals surface area contributed by atoms with Crippen LogP contribution in [0.1, 0.15) is 37.4 Å². The molecule has 0 saturated carbocycles. The van der Waals surface area contributed by atoms with E-state index in [1.807, 2.05) is 58.0 Å². The smallest absolute Gasteiger partial charge is 0.262 e. The molecule has 2 aliphatic heterocycles. The molecule has 3 heterocycles. The number of hydrogen-bond acceptors (Lipinski definition) is 6. The third-order valence-corrected chi connectivity index (χ3v) is 11.0. The first-order valence-electron chi connectivity index (χ1n) is 13.0. The average molecular weight is 638 g/mol. The molecule has 9 nitrogen and oxygen atoms in total. The molecule has 218 valence electrons. The Balaban J connectivity index is 1.22. The van der Waals surface area contributed by atoms with E-state index in [0.717, 1.165) is 10.1 Å². The third-order valence-electron chi connectivity index (χ3n) is 7.78. The lowest BCUT2D eigenvalue weighted by Crippen LogP contribution is -2.89. The molecule has 13 heteroatoms. The number of benzene rings is 2. The van der Waals surface area contributed by atoms with Crippen LogP contribution in [0.5, 0.6) is 0 Å². The third kappa shape index (κ3) is 5.46. The van der Waals surface area contributed by atoms with Gasteiger partial charge in [-0.05, 0) is 48.1 Å². The van der Waals surface area contributed by atoms with Crippen LogP contribution in [-0.4, -0.2) is 73.2 Å². The van der Waals surface area contributed by atoms with Crippen molar-refractivity contribution in [3.8, 4) is 0 Å². The lowest BCUT2D eigenvalue weighted by atomic mass is 9.70. The van der Waals surface area contributed by atoms with Gasteiger partial charge in [0.15, 0.2) is 0 Å². The van der Waals surface area contributed by atoms with Gasteiger partial charge in [0.1, 0.15) is 10.9 Å². The van der Waals surface area contributed by atoms with Gasteiger partial charge in [-0.25, -0.2) is 13.1 Å². The number of thiophene rings is 1. The average Bonchev–Trinajstić information content (AvgIpc) is 3.34. The van der Waals surface area contributed by atoms with Gasteiger partial charge in [-0.3, -0.25) is 14.4 Å². The molecule has 0 radical (unpaired) electrons.